The van der Waals surface area contributed by atoms with Crippen molar-refractivity contribution < 1.29 is 23.0 Å². The number of carbonyl (C=O) groups excluding carboxylic acids is 1. The number of carbonyl (C=O) groups is 1. The smallest absolute Gasteiger partial charge is 0.280 e. The Kier molecular flexibility index (Phi) is 5.97. The molecule has 0 N–H and O–H groups in total. The quantitative estimate of drug-likeness (QED) is 0.596. The van der Waals surface area contributed by atoms with Gasteiger partial charge < -0.3 is 14.4 Å². The molecule has 3 heterocycles. The van der Waals surface area contributed by atoms with Crippen molar-refractivity contribution in [2.24, 2.45) is 0 Å². The number of likely N-dealkylation sites (tertiary alicyclic amines) is 1. The molecule has 31 heavy (non-hydrogen) atoms. The molecule has 0 saturated carbocycles. The van der Waals surface area contributed by atoms with Crippen molar-refractivity contribution in [2.45, 2.75) is 38.2 Å². The number of para-hydroxylation sites is 2. The molecule has 1 aliphatic rings. The Bertz CT molecular complexity index is 1070. The average Bonchev–Trinajstić information content (AvgIpc) is 3.27. The van der Waals surface area contributed by atoms with E-state index in [4.69, 9.17) is 9.47 Å². The van der Waals surface area contributed by atoms with Gasteiger partial charge in [-0.25, -0.2) is 13.8 Å². The highest BCUT2D eigenvalue weighted by atomic mass is 19.3. The molecule has 1 fully saturated rings. The number of alkyl halides is 2. The van der Waals surface area contributed by atoms with Gasteiger partial charge in [0.25, 0.3) is 18.1 Å². The molecule has 0 bridgehead atoms. The van der Waals surface area contributed by atoms with Crippen LogP contribution in [0.4, 0.5) is 8.78 Å². The van der Waals surface area contributed by atoms with Gasteiger partial charge in [-0.1, -0.05) is 12.1 Å². The molecule has 2 atom stereocenters. The van der Waals surface area contributed by atoms with Crippen molar-refractivity contribution >= 4 is 11.7 Å². The van der Waals surface area contributed by atoms with Crippen LogP contribution in [0.25, 0.3) is 5.78 Å². The third-order valence-corrected chi connectivity index (χ3v) is 5.39. The summed E-state index contributed by atoms with van der Waals surface area (Å²) in [6.45, 7) is 2.63. The van der Waals surface area contributed by atoms with Gasteiger partial charge in [-0.2, -0.15) is 14.6 Å². The van der Waals surface area contributed by atoms with Crippen LogP contribution in [-0.4, -0.2) is 56.7 Å². The standard InChI is InChI=1S/C21H23F2N5O3/c1-13(31-18-8-4-3-7-17(18)30-2)20(29)27-9-5-6-14(11-27)15-10-16(19(22)23)28-21(26-15)24-12-25-28/h3-4,7-8,10,12-14,19H,5-6,9,11H2,1-2H3/t13-,14-/m1/s1. The number of halogens is 2. The molecule has 1 saturated heterocycles. The van der Waals surface area contributed by atoms with E-state index in [-0.39, 0.29) is 23.3 Å². The number of benzene rings is 1. The Morgan fingerprint density at radius 3 is 2.77 bits per heavy atom. The lowest BCUT2D eigenvalue weighted by molar-refractivity contribution is -0.139. The van der Waals surface area contributed by atoms with Gasteiger partial charge in [0.1, 0.15) is 12.0 Å². The van der Waals surface area contributed by atoms with Crippen LogP contribution in [0.5, 0.6) is 11.5 Å². The summed E-state index contributed by atoms with van der Waals surface area (Å²) >= 11 is 0. The third kappa shape index (κ3) is 4.28. The van der Waals surface area contributed by atoms with Crippen molar-refractivity contribution in [3.05, 3.63) is 48.0 Å². The highest BCUT2D eigenvalue weighted by molar-refractivity contribution is 5.81. The fourth-order valence-electron chi connectivity index (χ4n) is 3.85. The third-order valence-electron chi connectivity index (χ3n) is 5.39. The van der Waals surface area contributed by atoms with E-state index in [0.717, 1.165) is 17.4 Å². The fraction of sp³-hybridized carbons (Fsp3) is 0.429. The number of rotatable bonds is 6. The molecule has 0 spiro atoms. The lowest BCUT2D eigenvalue weighted by Crippen LogP contribution is -2.45. The zero-order valence-corrected chi connectivity index (χ0v) is 17.2. The average molecular weight is 431 g/mol. The van der Waals surface area contributed by atoms with E-state index >= 15 is 0 Å². The van der Waals surface area contributed by atoms with Crippen LogP contribution in [-0.2, 0) is 4.79 Å². The molecule has 2 aromatic heterocycles. The van der Waals surface area contributed by atoms with Gasteiger partial charge in [-0.15, -0.1) is 0 Å². The van der Waals surface area contributed by atoms with Crippen molar-refractivity contribution in [3.63, 3.8) is 0 Å². The van der Waals surface area contributed by atoms with Crippen LogP contribution < -0.4 is 9.47 Å². The Hall–Kier alpha value is -3.30. The number of hydrogen-bond acceptors (Lipinski definition) is 6. The summed E-state index contributed by atoms with van der Waals surface area (Å²) < 4.78 is 39.1. The van der Waals surface area contributed by atoms with E-state index in [1.807, 2.05) is 6.07 Å². The van der Waals surface area contributed by atoms with E-state index in [2.05, 4.69) is 15.1 Å². The monoisotopic (exact) mass is 431 g/mol. The molecule has 4 rings (SSSR count). The van der Waals surface area contributed by atoms with E-state index in [0.29, 0.717) is 30.3 Å². The van der Waals surface area contributed by atoms with Crippen molar-refractivity contribution in [3.8, 4) is 11.5 Å². The number of methoxy groups -OCH3 is 1. The van der Waals surface area contributed by atoms with Gasteiger partial charge in [-0.05, 0) is 38.0 Å². The molecule has 8 nitrogen and oxygen atoms in total. The van der Waals surface area contributed by atoms with E-state index < -0.39 is 12.5 Å². The van der Waals surface area contributed by atoms with Gasteiger partial charge in [0.15, 0.2) is 17.6 Å². The number of fused-ring (bicyclic) bond motifs is 1. The molecule has 1 aliphatic heterocycles. The van der Waals surface area contributed by atoms with E-state index in [1.165, 1.54) is 19.5 Å². The number of hydrogen-bond donors (Lipinski definition) is 0. The normalized spacial score (nSPS) is 17.7. The molecule has 1 aromatic carbocycles. The summed E-state index contributed by atoms with van der Waals surface area (Å²) in [5, 5.41) is 3.82. The van der Waals surface area contributed by atoms with E-state index in [9.17, 15) is 13.6 Å². The second-order valence-electron chi connectivity index (χ2n) is 7.41. The summed E-state index contributed by atoms with van der Waals surface area (Å²) in [6, 6.07) is 8.49. The largest absolute Gasteiger partial charge is 0.493 e. The van der Waals surface area contributed by atoms with Crippen LogP contribution in [0.1, 0.15) is 43.5 Å². The predicted octanol–water partition coefficient (Wildman–Crippen LogP) is 3.24. The first-order valence-corrected chi connectivity index (χ1v) is 10.0. The zero-order chi connectivity index (χ0) is 22.0. The number of nitrogens with zero attached hydrogens (tertiary/aromatic N) is 5. The first kappa shape index (κ1) is 21.0. The Morgan fingerprint density at radius 1 is 1.26 bits per heavy atom. The molecule has 3 aromatic rings. The minimum absolute atomic E-state index is 0.129. The van der Waals surface area contributed by atoms with Gasteiger partial charge >= 0.3 is 0 Å². The summed E-state index contributed by atoms with van der Waals surface area (Å²) in [5.41, 5.74) is 0.237. The van der Waals surface area contributed by atoms with Crippen molar-refractivity contribution in [2.75, 3.05) is 20.2 Å². The molecular formula is C21H23F2N5O3. The SMILES string of the molecule is COc1ccccc1O[C@H](C)C(=O)N1CCC[C@@H](c2cc(C(F)F)n3ncnc3n2)C1. The van der Waals surface area contributed by atoms with Gasteiger partial charge in [-0.3, -0.25) is 4.79 Å². The van der Waals surface area contributed by atoms with Gasteiger partial charge in [0.2, 0.25) is 0 Å². The first-order valence-electron chi connectivity index (χ1n) is 10.0. The predicted molar refractivity (Wildman–Crippen MR) is 107 cm³/mol. The lowest BCUT2D eigenvalue weighted by atomic mass is 9.93. The highest BCUT2D eigenvalue weighted by Gasteiger charge is 2.30. The molecule has 10 heteroatoms. The zero-order valence-electron chi connectivity index (χ0n) is 17.2. The molecule has 1 amide bonds. The molecule has 0 radical (unpaired) electrons. The van der Waals surface area contributed by atoms with Crippen LogP contribution in [0.2, 0.25) is 0 Å². The molecule has 0 aliphatic carbocycles. The van der Waals surface area contributed by atoms with Crippen LogP contribution in [0, 0.1) is 0 Å². The molecule has 0 unspecified atom stereocenters. The Balaban J connectivity index is 1.50. The maximum Gasteiger partial charge on any atom is 0.280 e. The number of ether oxygens (including phenoxy) is 2. The maximum absolute atomic E-state index is 13.5. The highest BCUT2D eigenvalue weighted by Crippen LogP contribution is 2.30. The van der Waals surface area contributed by atoms with Crippen LogP contribution in [0.15, 0.2) is 36.7 Å². The summed E-state index contributed by atoms with van der Waals surface area (Å²) in [4.78, 5) is 23.1. The first-order chi connectivity index (χ1) is 15.0. The summed E-state index contributed by atoms with van der Waals surface area (Å²) in [6.07, 6.45) is -0.751. The molecule has 164 valence electrons. The lowest BCUT2D eigenvalue weighted by Gasteiger charge is -2.34. The Morgan fingerprint density at radius 2 is 2.03 bits per heavy atom. The minimum atomic E-state index is -2.71. The van der Waals surface area contributed by atoms with Gasteiger partial charge in [0, 0.05) is 19.0 Å². The number of piperidine rings is 1. The maximum atomic E-state index is 13.5. The topological polar surface area (TPSA) is 81.9 Å². The molecular weight excluding hydrogens is 408 g/mol. The summed E-state index contributed by atoms with van der Waals surface area (Å²) in [5.74, 6) is 0.816. The van der Waals surface area contributed by atoms with Crippen molar-refractivity contribution in [1.82, 2.24) is 24.5 Å². The second-order valence-corrected chi connectivity index (χ2v) is 7.41. The number of aromatic nitrogens is 4. The Labute approximate surface area is 177 Å². The fourth-order valence-corrected chi connectivity index (χ4v) is 3.85. The van der Waals surface area contributed by atoms with Crippen molar-refractivity contribution in [1.29, 1.82) is 0 Å². The number of amides is 1. The van der Waals surface area contributed by atoms with E-state index in [1.54, 1.807) is 30.0 Å². The van der Waals surface area contributed by atoms with Gasteiger partial charge in [0.05, 0.1) is 12.8 Å². The van der Waals surface area contributed by atoms with Crippen LogP contribution >= 0.6 is 0 Å². The summed E-state index contributed by atoms with van der Waals surface area (Å²) in [7, 11) is 1.54. The van der Waals surface area contributed by atoms with Crippen LogP contribution in [0.3, 0.4) is 0 Å². The second kappa shape index (κ2) is 8.83. The minimum Gasteiger partial charge on any atom is -0.493 e.